The number of hydrogen-bond donors (Lipinski definition) is 0. The molecule has 0 bridgehead atoms. The van der Waals surface area contributed by atoms with Crippen molar-refractivity contribution in [3.8, 4) is 16.9 Å². The van der Waals surface area contributed by atoms with Crippen LogP contribution < -0.4 is 15.2 Å². The smallest absolute Gasteiger partial charge is 0.267 e. The van der Waals surface area contributed by atoms with E-state index in [1.165, 1.54) is 32.7 Å². The van der Waals surface area contributed by atoms with Gasteiger partial charge in [-0.15, -0.1) is 11.3 Å². The molecule has 0 saturated heterocycles. The summed E-state index contributed by atoms with van der Waals surface area (Å²) in [5, 5.41) is 2.45. The molecule has 0 fully saturated rings. The third kappa shape index (κ3) is 3.70. The minimum atomic E-state index is -0.576. The Kier molecular flexibility index (Phi) is 5.53. The summed E-state index contributed by atoms with van der Waals surface area (Å²) in [6.45, 7) is 3.63. The lowest BCUT2D eigenvalue weighted by atomic mass is 10.0. The van der Waals surface area contributed by atoms with Gasteiger partial charge in [-0.25, -0.2) is 4.98 Å². The molecule has 34 heavy (non-hydrogen) atoms. The topological polar surface area (TPSA) is 81.5 Å². The number of thiophene rings is 1. The summed E-state index contributed by atoms with van der Waals surface area (Å²) >= 11 is 1.41. The quantitative estimate of drug-likeness (QED) is 0.404. The molecular formula is C26H23N3O4S. The zero-order valence-electron chi connectivity index (χ0n) is 19.1. The third-order valence-electron chi connectivity index (χ3n) is 6.17. The van der Waals surface area contributed by atoms with Gasteiger partial charge >= 0.3 is 0 Å². The van der Waals surface area contributed by atoms with Crippen LogP contribution in [0.1, 0.15) is 29.8 Å². The van der Waals surface area contributed by atoms with Crippen molar-refractivity contribution in [3.05, 3.63) is 75.7 Å². The van der Waals surface area contributed by atoms with Gasteiger partial charge in [0.2, 0.25) is 0 Å². The number of Topliss-reactive ketones (excluding diaryl/α,β-unsaturated/α-hetero) is 1. The van der Waals surface area contributed by atoms with Gasteiger partial charge in [-0.2, -0.15) is 0 Å². The molecule has 1 amide bonds. The van der Waals surface area contributed by atoms with Crippen molar-refractivity contribution in [3.63, 3.8) is 0 Å². The summed E-state index contributed by atoms with van der Waals surface area (Å²) in [6.07, 6.45) is 1.79. The zero-order chi connectivity index (χ0) is 24.0. The van der Waals surface area contributed by atoms with E-state index in [4.69, 9.17) is 4.74 Å². The number of aromatic nitrogens is 2. The number of nitrogens with zero attached hydrogens (tertiary/aromatic N) is 3. The van der Waals surface area contributed by atoms with Crippen molar-refractivity contribution in [2.24, 2.45) is 0 Å². The number of aryl methyl sites for hydroxylation is 1. The lowest BCUT2D eigenvalue weighted by Crippen LogP contribution is -2.42. The summed E-state index contributed by atoms with van der Waals surface area (Å²) < 4.78 is 6.97. The Balaban J connectivity index is 1.48. The van der Waals surface area contributed by atoms with Crippen molar-refractivity contribution < 1.29 is 14.3 Å². The highest BCUT2D eigenvalue weighted by Crippen LogP contribution is 2.34. The van der Waals surface area contributed by atoms with Crippen LogP contribution in [0.4, 0.5) is 5.69 Å². The second-order valence-electron chi connectivity index (χ2n) is 8.32. The monoisotopic (exact) mass is 473 g/mol. The number of ketones is 1. The Morgan fingerprint density at radius 1 is 1.15 bits per heavy atom. The van der Waals surface area contributed by atoms with E-state index in [0.29, 0.717) is 27.2 Å². The molecule has 1 aliphatic heterocycles. The Labute approximate surface area is 200 Å². The first-order valence-corrected chi connectivity index (χ1v) is 11.9. The lowest BCUT2D eigenvalue weighted by Gasteiger charge is -2.30. The molecule has 0 radical (unpaired) electrons. The zero-order valence-corrected chi connectivity index (χ0v) is 19.9. The molecule has 1 unspecified atom stereocenters. The minimum Gasteiger partial charge on any atom is -0.479 e. The largest absolute Gasteiger partial charge is 0.479 e. The molecule has 0 saturated carbocycles. The van der Waals surface area contributed by atoms with E-state index >= 15 is 0 Å². The van der Waals surface area contributed by atoms with E-state index in [1.807, 2.05) is 17.5 Å². The number of benzene rings is 2. The number of hydrogen-bond acceptors (Lipinski definition) is 6. The molecular weight excluding hydrogens is 450 g/mol. The SMILES string of the molecule is CCc1ccc(-c2csc3ncn(CC(=O)c4ccc5c(c4)N(C)C(=O)C(C)O5)c(=O)c23)cc1. The Bertz CT molecular complexity index is 1490. The van der Waals surface area contributed by atoms with E-state index in [0.717, 1.165) is 17.5 Å². The Hall–Kier alpha value is -3.78. The predicted octanol–water partition coefficient (Wildman–Crippen LogP) is 4.31. The first-order chi connectivity index (χ1) is 16.4. The summed E-state index contributed by atoms with van der Waals surface area (Å²) in [5.74, 6) is 0.109. The van der Waals surface area contributed by atoms with E-state index < -0.39 is 6.10 Å². The van der Waals surface area contributed by atoms with Gasteiger partial charge in [-0.05, 0) is 42.7 Å². The molecule has 4 aromatic rings. The summed E-state index contributed by atoms with van der Waals surface area (Å²) in [6, 6.07) is 13.1. The predicted molar refractivity (Wildman–Crippen MR) is 133 cm³/mol. The van der Waals surface area contributed by atoms with Crippen molar-refractivity contribution in [2.75, 3.05) is 11.9 Å². The van der Waals surface area contributed by atoms with Gasteiger partial charge in [-0.3, -0.25) is 19.0 Å². The molecule has 0 spiro atoms. The van der Waals surface area contributed by atoms with Crippen LogP contribution in [0.25, 0.3) is 21.3 Å². The van der Waals surface area contributed by atoms with Crippen molar-refractivity contribution in [1.82, 2.24) is 9.55 Å². The number of carbonyl (C=O) groups is 2. The fourth-order valence-corrected chi connectivity index (χ4v) is 5.05. The second kappa shape index (κ2) is 8.53. The molecule has 2 aromatic heterocycles. The molecule has 8 heteroatoms. The van der Waals surface area contributed by atoms with Crippen LogP contribution in [0, 0.1) is 0 Å². The van der Waals surface area contributed by atoms with Crippen molar-refractivity contribution in [1.29, 1.82) is 0 Å². The average Bonchev–Trinajstić information content (AvgIpc) is 3.29. The standard InChI is InChI=1S/C26H23N3O4S/c1-4-16-5-7-17(8-6-16)19-13-34-24-23(19)26(32)29(14-27-24)12-21(30)18-9-10-22-20(11-18)28(3)25(31)15(2)33-22/h5-11,13-15H,4,12H2,1-3H3. The summed E-state index contributed by atoms with van der Waals surface area (Å²) in [7, 11) is 1.65. The number of likely N-dealkylation sites (N-methyl/N-ethyl adjacent to an activating group) is 1. The Morgan fingerprint density at radius 2 is 1.91 bits per heavy atom. The summed E-state index contributed by atoms with van der Waals surface area (Å²) in [5.41, 5.74) is 3.67. The second-order valence-corrected chi connectivity index (χ2v) is 9.18. The van der Waals surface area contributed by atoms with E-state index in [2.05, 4.69) is 24.0 Å². The average molecular weight is 474 g/mol. The highest BCUT2D eigenvalue weighted by atomic mass is 32.1. The van der Waals surface area contributed by atoms with Gasteiger partial charge in [0.15, 0.2) is 11.9 Å². The van der Waals surface area contributed by atoms with Gasteiger partial charge in [0.1, 0.15) is 10.6 Å². The van der Waals surface area contributed by atoms with Gasteiger partial charge in [-0.1, -0.05) is 31.2 Å². The Morgan fingerprint density at radius 3 is 2.65 bits per heavy atom. The molecule has 172 valence electrons. The molecule has 3 heterocycles. The molecule has 0 N–H and O–H groups in total. The van der Waals surface area contributed by atoms with Gasteiger partial charge in [0.25, 0.3) is 11.5 Å². The van der Waals surface area contributed by atoms with E-state index in [9.17, 15) is 14.4 Å². The number of anilines is 1. The number of rotatable bonds is 5. The van der Waals surface area contributed by atoms with Crippen LogP contribution in [0.3, 0.4) is 0 Å². The lowest BCUT2D eigenvalue weighted by molar-refractivity contribution is -0.125. The van der Waals surface area contributed by atoms with Crippen LogP contribution in [-0.4, -0.2) is 34.4 Å². The van der Waals surface area contributed by atoms with Crippen LogP contribution in [0.2, 0.25) is 0 Å². The first-order valence-electron chi connectivity index (χ1n) is 11.0. The highest BCUT2D eigenvalue weighted by molar-refractivity contribution is 7.17. The maximum absolute atomic E-state index is 13.3. The molecule has 0 aliphatic carbocycles. The fraction of sp³-hybridized carbons (Fsp3) is 0.231. The summed E-state index contributed by atoms with van der Waals surface area (Å²) in [4.78, 5) is 45.2. The minimum absolute atomic E-state index is 0.153. The van der Waals surface area contributed by atoms with Gasteiger partial charge in [0, 0.05) is 23.6 Å². The maximum Gasteiger partial charge on any atom is 0.267 e. The molecule has 5 rings (SSSR count). The van der Waals surface area contributed by atoms with E-state index in [-0.39, 0.29) is 23.8 Å². The van der Waals surface area contributed by atoms with Crippen LogP contribution in [0.15, 0.2) is 59.0 Å². The van der Waals surface area contributed by atoms with Crippen molar-refractivity contribution in [2.45, 2.75) is 32.9 Å². The van der Waals surface area contributed by atoms with Crippen LogP contribution in [0.5, 0.6) is 5.75 Å². The molecule has 7 nitrogen and oxygen atoms in total. The van der Waals surface area contributed by atoms with Crippen molar-refractivity contribution >= 4 is 38.9 Å². The van der Waals surface area contributed by atoms with Gasteiger partial charge < -0.3 is 9.64 Å². The maximum atomic E-state index is 13.3. The highest BCUT2D eigenvalue weighted by Gasteiger charge is 2.29. The molecule has 1 aliphatic rings. The fourth-order valence-electron chi connectivity index (χ4n) is 4.14. The first kappa shape index (κ1) is 22.0. The van der Waals surface area contributed by atoms with E-state index in [1.54, 1.807) is 32.2 Å². The molecule has 1 atom stereocenters. The normalized spacial score (nSPS) is 15.3. The third-order valence-corrected chi connectivity index (χ3v) is 7.06. The number of fused-ring (bicyclic) bond motifs is 2. The van der Waals surface area contributed by atoms with Crippen LogP contribution >= 0.6 is 11.3 Å². The number of amides is 1. The van der Waals surface area contributed by atoms with Crippen LogP contribution in [-0.2, 0) is 17.8 Å². The number of carbonyl (C=O) groups excluding carboxylic acids is 2. The molecule has 2 aromatic carbocycles. The van der Waals surface area contributed by atoms with Gasteiger partial charge in [0.05, 0.1) is 23.9 Å². The number of ether oxygens (including phenoxy) is 1.